The van der Waals surface area contributed by atoms with Crippen LogP contribution in [0.25, 0.3) is 17.0 Å². The maximum atomic E-state index is 13.7. The molecule has 5 heteroatoms. The lowest BCUT2D eigenvalue weighted by Crippen LogP contribution is -2.33. The van der Waals surface area contributed by atoms with Gasteiger partial charge in [0.1, 0.15) is 5.82 Å². The van der Waals surface area contributed by atoms with Gasteiger partial charge in [0.05, 0.1) is 28.4 Å². The molecule has 0 bridgehead atoms. The molecule has 152 valence electrons. The average Bonchev–Trinajstić information content (AvgIpc) is 3.00. The molecule has 30 heavy (non-hydrogen) atoms. The summed E-state index contributed by atoms with van der Waals surface area (Å²) in [6, 6.07) is 12.7. The fourth-order valence-corrected chi connectivity index (χ4v) is 3.86. The van der Waals surface area contributed by atoms with Crippen LogP contribution >= 0.6 is 0 Å². The smallest absolute Gasteiger partial charge is 0.262 e. The van der Waals surface area contributed by atoms with Crippen molar-refractivity contribution >= 4 is 28.8 Å². The molecule has 3 aromatic rings. The van der Waals surface area contributed by atoms with Gasteiger partial charge in [-0.15, -0.1) is 0 Å². The largest absolute Gasteiger partial charge is 0.269 e. The fourth-order valence-electron chi connectivity index (χ4n) is 3.86. The van der Waals surface area contributed by atoms with E-state index in [0.717, 1.165) is 30.2 Å². The number of imide groups is 1. The Morgan fingerprint density at radius 1 is 1.07 bits per heavy atom. The maximum absolute atomic E-state index is 13.7. The highest BCUT2D eigenvalue weighted by Gasteiger charge is 2.39. The molecule has 1 atom stereocenters. The normalized spacial score (nSPS) is 14.7. The standard InChI is InChI=1S/C25H23FN2O2/c1-3-4-5-6-11-22-21(14-17-12-13-18(26)15-23(17)27-22)16(2)28-24(29)19-9-7-8-10-20(19)25(28)30/h6-16H,3-5H2,1-2H3/t16-/m0/s1. The van der Waals surface area contributed by atoms with E-state index in [-0.39, 0.29) is 17.6 Å². The second-order valence-corrected chi connectivity index (χ2v) is 7.55. The predicted octanol–water partition coefficient (Wildman–Crippen LogP) is 5.93. The van der Waals surface area contributed by atoms with Crippen LogP contribution in [0.3, 0.4) is 0 Å². The van der Waals surface area contributed by atoms with Gasteiger partial charge >= 0.3 is 0 Å². The summed E-state index contributed by atoms with van der Waals surface area (Å²) in [5.74, 6) is -0.955. The first-order chi connectivity index (χ1) is 14.5. The zero-order valence-corrected chi connectivity index (χ0v) is 17.1. The summed E-state index contributed by atoms with van der Waals surface area (Å²) in [5, 5.41) is 0.764. The number of allylic oxidation sites excluding steroid dienone is 1. The van der Waals surface area contributed by atoms with Crippen molar-refractivity contribution in [2.24, 2.45) is 0 Å². The molecule has 2 aromatic carbocycles. The molecule has 0 N–H and O–H groups in total. The molecular formula is C25H23FN2O2. The topological polar surface area (TPSA) is 50.3 Å². The number of hydrogen-bond acceptors (Lipinski definition) is 3. The first-order valence-electron chi connectivity index (χ1n) is 10.2. The van der Waals surface area contributed by atoms with E-state index in [1.165, 1.54) is 17.0 Å². The lowest BCUT2D eigenvalue weighted by molar-refractivity contribution is 0.0595. The highest BCUT2D eigenvalue weighted by molar-refractivity contribution is 6.21. The zero-order valence-electron chi connectivity index (χ0n) is 17.1. The van der Waals surface area contributed by atoms with Gasteiger partial charge in [0.25, 0.3) is 11.8 Å². The van der Waals surface area contributed by atoms with Gasteiger partial charge in [-0.3, -0.25) is 14.5 Å². The van der Waals surface area contributed by atoms with Crippen molar-refractivity contribution in [3.63, 3.8) is 0 Å². The molecule has 1 aliphatic heterocycles. The molecule has 4 rings (SSSR count). The summed E-state index contributed by atoms with van der Waals surface area (Å²) in [6.45, 7) is 3.96. The van der Waals surface area contributed by atoms with Gasteiger partial charge in [0.2, 0.25) is 0 Å². The van der Waals surface area contributed by atoms with E-state index in [2.05, 4.69) is 11.9 Å². The molecule has 1 aliphatic rings. The highest BCUT2D eigenvalue weighted by Crippen LogP contribution is 2.34. The Bertz CT molecular complexity index is 1130. The van der Waals surface area contributed by atoms with Crippen LogP contribution in [0.2, 0.25) is 0 Å². The van der Waals surface area contributed by atoms with Gasteiger partial charge in [-0.1, -0.05) is 38.0 Å². The van der Waals surface area contributed by atoms with Crippen LogP contribution in [-0.2, 0) is 0 Å². The number of benzene rings is 2. The fraction of sp³-hybridized carbons (Fsp3) is 0.240. The third-order valence-electron chi connectivity index (χ3n) is 5.50. The predicted molar refractivity (Wildman–Crippen MR) is 116 cm³/mol. The summed E-state index contributed by atoms with van der Waals surface area (Å²) in [7, 11) is 0. The van der Waals surface area contributed by atoms with Crippen molar-refractivity contribution in [3.8, 4) is 0 Å². The van der Waals surface area contributed by atoms with E-state index in [9.17, 15) is 14.0 Å². The first-order valence-corrected chi connectivity index (χ1v) is 10.2. The van der Waals surface area contributed by atoms with E-state index >= 15 is 0 Å². The van der Waals surface area contributed by atoms with Gasteiger partial charge < -0.3 is 0 Å². The second-order valence-electron chi connectivity index (χ2n) is 7.55. The zero-order chi connectivity index (χ0) is 21.3. The molecular weight excluding hydrogens is 379 g/mol. The van der Waals surface area contributed by atoms with Crippen LogP contribution in [0.4, 0.5) is 4.39 Å². The van der Waals surface area contributed by atoms with Crippen molar-refractivity contribution in [1.29, 1.82) is 0 Å². The third kappa shape index (κ3) is 3.52. The van der Waals surface area contributed by atoms with Gasteiger partial charge in [0, 0.05) is 17.0 Å². The molecule has 0 fully saturated rings. The molecule has 1 aromatic heterocycles. The van der Waals surface area contributed by atoms with Crippen molar-refractivity contribution in [2.45, 2.75) is 39.2 Å². The Morgan fingerprint density at radius 2 is 1.77 bits per heavy atom. The van der Waals surface area contributed by atoms with Gasteiger partial charge in [-0.05, 0) is 49.8 Å². The number of rotatable bonds is 6. The van der Waals surface area contributed by atoms with Crippen molar-refractivity contribution in [2.75, 3.05) is 0 Å². The van der Waals surface area contributed by atoms with Crippen molar-refractivity contribution < 1.29 is 14.0 Å². The molecule has 2 heterocycles. The highest BCUT2D eigenvalue weighted by atomic mass is 19.1. The Kier molecular flexibility index (Phi) is 5.44. The lowest BCUT2D eigenvalue weighted by Gasteiger charge is -2.24. The Hall–Kier alpha value is -3.34. The van der Waals surface area contributed by atoms with E-state index in [4.69, 9.17) is 0 Å². The monoisotopic (exact) mass is 402 g/mol. The molecule has 0 spiro atoms. The number of carbonyl (C=O) groups is 2. The SMILES string of the molecule is CCCCC=Cc1nc2cc(F)ccc2cc1[C@H](C)N1C(=O)c2ccccc2C1=O. The Labute approximate surface area is 175 Å². The number of halogens is 1. The summed E-state index contributed by atoms with van der Waals surface area (Å²) < 4.78 is 13.7. The molecule has 0 unspecified atom stereocenters. The average molecular weight is 402 g/mol. The van der Waals surface area contributed by atoms with Crippen molar-refractivity contribution in [1.82, 2.24) is 9.88 Å². The molecule has 0 saturated carbocycles. The number of aromatic nitrogens is 1. The summed E-state index contributed by atoms with van der Waals surface area (Å²) in [4.78, 5) is 31.9. The van der Waals surface area contributed by atoms with E-state index < -0.39 is 6.04 Å². The summed E-state index contributed by atoms with van der Waals surface area (Å²) in [6.07, 6.45) is 6.99. The number of carbonyl (C=O) groups excluding carboxylic acids is 2. The third-order valence-corrected chi connectivity index (χ3v) is 5.50. The minimum absolute atomic E-state index is 0.303. The van der Waals surface area contributed by atoms with Crippen LogP contribution in [0.5, 0.6) is 0 Å². The Balaban J connectivity index is 1.78. The molecule has 0 radical (unpaired) electrons. The van der Waals surface area contributed by atoms with Crippen LogP contribution in [0.1, 0.15) is 71.1 Å². The number of amides is 2. The number of pyridine rings is 1. The lowest BCUT2D eigenvalue weighted by atomic mass is 10.0. The minimum Gasteiger partial charge on any atom is -0.269 e. The maximum Gasteiger partial charge on any atom is 0.262 e. The van der Waals surface area contributed by atoms with Crippen LogP contribution < -0.4 is 0 Å². The molecule has 0 saturated heterocycles. The summed E-state index contributed by atoms with van der Waals surface area (Å²) >= 11 is 0. The number of fused-ring (bicyclic) bond motifs is 2. The van der Waals surface area contributed by atoms with Crippen LogP contribution in [0, 0.1) is 5.82 Å². The van der Waals surface area contributed by atoms with E-state index in [0.29, 0.717) is 22.3 Å². The van der Waals surface area contributed by atoms with Gasteiger partial charge in [-0.25, -0.2) is 9.37 Å². The molecule has 4 nitrogen and oxygen atoms in total. The first kappa shape index (κ1) is 20.0. The molecule has 0 aliphatic carbocycles. The van der Waals surface area contributed by atoms with E-state index in [1.807, 2.05) is 25.1 Å². The number of unbranched alkanes of at least 4 members (excludes halogenated alkanes) is 2. The van der Waals surface area contributed by atoms with Gasteiger partial charge in [0.15, 0.2) is 0 Å². The number of nitrogens with zero attached hydrogens (tertiary/aromatic N) is 2. The quantitative estimate of drug-likeness (QED) is 0.379. The van der Waals surface area contributed by atoms with E-state index in [1.54, 1.807) is 30.3 Å². The van der Waals surface area contributed by atoms with Crippen LogP contribution in [-0.4, -0.2) is 21.7 Å². The minimum atomic E-state index is -0.509. The van der Waals surface area contributed by atoms with Gasteiger partial charge in [-0.2, -0.15) is 0 Å². The van der Waals surface area contributed by atoms with Crippen LogP contribution in [0.15, 0.2) is 54.6 Å². The summed E-state index contributed by atoms with van der Waals surface area (Å²) in [5.41, 5.74) is 2.79. The van der Waals surface area contributed by atoms with Crippen molar-refractivity contribution in [3.05, 3.63) is 82.8 Å². The second kappa shape index (κ2) is 8.19. The molecule has 2 amide bonds. The Morgan fingerprint density at radius 3 is 2.43 bits per heavy atom. The number of hydrogen-bond donors (Lipinski definition) is 0.